The van der Waals surface area contributed by atoms with Gasteiger partial charge in [0.2, 0.25) is 5.89 Å². The van der Waals surface area contributed by atoms with Crippen LogP contribution < -0.4 is 0 Å². The average molecular weight is 418 g/mol. The third-order valence-corrected chi connectivity index (χ3v) is 5.98. The van der Waals surface area contributed by atoms with Crippen LogP contribution >= 0.6 is 11.8 Å². The van der Waals surface area contributed by atoms with Gasteiger partial charge < -0.3 is 8.98 Å². The van der Waals surface area contributed by atoms with Crippen molar-refractivity contribution in [3.05, 3.63) is 88.7 Å². The van der Waals surface area contributed by atoms with E-state index < -0.39 is 0 Å². The molecule has 0 bridgehead atoms. The lowest BCUT2D eigenvalue weighted by Gasteiger charge is -2.09. The largest absolute Gasteiger partial charge is 0.411 e. The van der Waals surface area contributed by atoms with Crippen molar-refractivity contribution in [1.82, 2.24) is 14.8 Å². The highest BCUT2D eigenvalue weighted by Crippen LogP contribution is 2.26. The van der Waals surface area contributed by atoms with E-state index in [-0.39, 0.29) is 11.5 Å². The summed E-state index contributed by atoms with van der Waals surface area (Å²) in [6.07, 6.45) is 0. The van der Waals surface area contributed by atoms with Crippen molar-refractivity contribution >= 4 is 17.5 Å². The Morgan fingerprint density at radius 2 is 1.73 bits per heavy atom. The lowest BCUT2D eigenvalue weighted by molar-refractivity contribution is 0.102. The van der Waals surface area contributed by atoms with E-state index >= 15 is 0 Å². The topological polar surface area (TPSA) is 60.9 Å². The van der Waals surface area contributed by atoms with Crippen LogP contribution in [-0.2, 0) is 6.54 Å². The minimum atomic E-state index is 0.0584. The van der Waals surface area contributed by atoms with Gasteiger partial charge in [-0.15, -0.1) is 10.2 Å². The van der Waals surface area contributed by atoms with Gasteiger partial charge in [0.15, 0.2) is 5.78 Å². The van der Waals surface area contributed by atoms with E-state index in [0.29, 0.717) is 11.1 Å². The number of aromatic nitrogens is 3. The Morgan fingerprint density at radius 1 is 1.00 bits per heavy atom. The quantitative estimate of drug-likeness (QED) is 0.294. The van der Waals surface area contributed by atoms with Crippen molar-refractivity contribution in [3.8, 4) is 11.5 Å². The third-order valence-electron chi connectivity index (χ3n) is 5.17. The number of hydrogen-bond donors (Lipinski definition) is 0. The highest BCUT2D eigenvalue weighted by atomic mass is 32.2. The molecule has 0 saturated heterocycles. The minimum Gasteiger partial charge on any atom is -0.411 e. The van der Waals surface area contributed by atoms with Gasteiger partial charge in [-0.05, 0) is 44.0 Å². The predicted molar refractivity (Wildman–Crippen MR) is 119 cm³/mol. The molecule has 0 atom stereocenters. The van der Waals surface area contributed by atoms with Crippen LogP contribution in [0.1, 0.15) is 32.9 Å². The summed E-state index contributed by atoms with van der Waals surface area (Å²) in [5, 5.41) is 8.62. The zero-order valence-electron chi connectivity index (χ0n) is 17.3. The van der Waals surface area contributed by atoms with Gasteiger partial charge in [-0.1, -0.05) is 60.3 Å². The highest BCUT2D eigenvalue weighted by Gasteiger charge is 2.18. The summed E-state index contributed by atoms with van der Waals surface area (Å²) in [4.78, 5) is 12.9. The summed E-state index contributed by atoms with van der Waals surface area (Å²) < 4.78 is 7.94. The molecular formula is C24H23N3O2S. The molecule has 0 N–H and O–H groups in total. The number of Topliss-reactive ketones (excluding diaryl/α,β-unsaturated/α-hetero) is 1. The second-order valence-corrected chi connectivity index (χ2v) is 8.18. The Bertz CT molecular complexity index is 1180. The summed E-state index contributed by atoms with van der Waals surface area (Å²) in [5.41, 5.74) is 5.99. The van der Waals surface area contributed by atoms with E-state index in [1.54, 1.807) is 0 Å². The first-order valence-corrected chi connectivity index (χ1v) is 10.8. The second kappa shape index (κ2) is 8.71. The Labute approximate surface area is 180 Å². The standard InChI is InChI=1S/C24H23N3O2S/c1-16-9-7-8-12-20(16)23-25-26-24(29-23)30-15-22(28)21-13-17(2)27(18(21)3)14-19-10-5-4-6-11-19/h4-13H,14-15H2,1-3H3. The first kappa shape index (κ1) is 20.2. The molecule has 2 aromatic carbocycles. The van der Waals surface area contributed by atoms with Crippen LogP contribution in [0.3, 0.4) is 0 Å². The van der Waals surface area contributed by atoms with Crippen molar-refractivity contribution in [1.29, 1.82) is 0 Å². The number of carbonyl (C=O) groups excluding carboxylic acids is 1. The molecule has 6 heteroatoms. The molecule has 30 heavy (non-hydrogen) atoms. The number of ketones is 1. The Kier molecular flexibility index (Phi) is 5.86. The van der Waals surface area contributed by atoms with Crippen LogP contribution in [-0.4, -0.2) is 26.3 Å². The molecule has 0 saturated carbocycles. The molecule has 4 rings (SSSR count). The molecule has 0 amide bonds. The molecule has 5 nitrogen and oxygen atoms in total. The van der Waals surface area contributed by atoms with Gasteiger partial charge in [-0.25, -0.2) is 0 Å². The molecule has 152 valence electrons. The van der Waals surface area contributed by atoms with Crippen LogP contribution in [0.2, 0.25) is 0 Å². The summed E-state index contributed by atoms with van der Waals surface area (Å²) in [6.45, 7) is 6.78. The first-order chi connectivity index (χ1) is 14.5. The third kappa shape index (κ3) is 4.24. The fourth-order valence-corrected chi connectivity index (χ4v) is 4.13. The second-order valence-electron chi connectivity index (χ2n) is 7.26. The van der Waals surface area contributed by atoms with Crippen molar-refractivity contribution < 1.29 is 9.21 Å². The Balaban J connectivity index is 1.45. The maximum Gasteiger partial charge on any atom is 0.277 e. The number of hydrogen-bond acceptors (Lipinski definition) is 5. The van der Waals surface area contributed by atoms with Gasteiger partial charge in [-0.3, -0.25) is 4.79 Å². The van der Waals surface area contributed by atoms with Crippen LogP contribution in [0.4, 0.5) is 0 Å². The summed E-state index contributed by atoms with van der Waals surface area (Å²) in [7, 11) is 0. The van der Waals surface area contributed by atoms with E-state index in [4.69, 9.17) is 4.42 Å². The Hall–Kier alpha value is -3.12. The number of aryl methyl sites for hydroxylation is 2. The highest BCUT2D eigenvalue weighted by molar-refractivity contribution is 7.99. The van der Waals surface area contributed by atoms with Crippen LogP contribution in [0.25, 0.3) is 11.5 Å². The van der Waals surface area contributed by atoms with E-state index in [1.165, 1.54) is 17.3 Å². The zero-order valence-corrected chi connectivity index (χ0v) is 18.1. The van der Waals surface area contributed by atoms with Crippen LogP contribution in [0.5, 0.6) is 0 Å². The fraction of sp³-hybridized carbons (Fsp3) is 0.208. The number of carbonyl (C=O) groups is 1. The van der Waals surface area contributed by atoms with Gasteiger partial charge in [0.05, 0.1) is 5.75 Å². The fourth-order valence-electron chi connectivity index (χ4n) is 3.49. The van der Waals surface area contributed by atoms with Crippen LogP contribution in [0.15, 0.2) is 70.3 Å². The van der Waals surface area contributed by atoms with Gasteiger partial charge in [0, 0.05) is 29.1 Å². The smallest absolute Gasteiger partial charge is 0.277 e. The molecule has 0 aliphatic heterocycles. The van der Waals surface area contributed by atoms with Crippen molar-refractivity contribution in [2.24, 2.45) is 0 Å². The molecule has 0 aliphatic rings. The van der Waals surface area contributed by atoms with E-state index in [1.807, 2.05) is 69.3 Å². The molecule has 0 spiro atoms. The monoisotopic (exact) mass is 417 g/mol. The molecule has 0 unspecified atom stereocenters. The molecule has 4 aromatic rings. The number of thioether (sulfide) groups is 1. The average Bonchev–Trinajstić information content (AvgIpc) is 3.33. The summed E-state index contributed by atoms with van der Waals surface area (Å²) in [5.74, 6) is 0.789. The normalized spacial score (nSPS) is 11.0. The van der Waals surface area contributed by atoms with Gasteiger partial charge >= 0.3 is 0 Å². The maximum atomic E-state index is 12.9. The number of nitrogens with zero attached hydrogens (tertiary/aromatic N) is 3. The summed E-state index contributed by atoms with van der Waals surface area (Å²) >= 11 is 1.27. The van der Waals surface area contributed by atoms with E-state index in [9.17, 15) is 4.79 Å². The first-order valence-electron chi connectivity index (χ1n) is 9.79. The lowest BCUT2D eigenvalue weighted by Crippen LogP contribution is -2.07. The van der Waals surface area contributed by atoms with E-state index in [0.717, 1.165) is 34.6 Å². The van der Waals surface area contributed by atoms with Crippen molar-refractivity contribution in [3.63, 3.8) is 0 Å². The molecule has 0 radical (unpaired) electrons. The summed E-state index contributed by atoms with van der Waals surface area (Å²) in [6, 6.07) is 20.1. The molecule has 0 aliphatic carbocycles. The van der Waals surface area contributed by atoms with Crippen LogP contribution in [0, 0.1) is 20.8 Å². The molecule has 2 aromatic heterocycles. The zero-order chi connectivity index (χ0) is 21.1. The van der Waals surface area contributed by atoms with Crippen molar-refractivity contribution in [2.75, 3.05) is 5.75 Å². The lowest BCUT2D eigenvalue weighted by atomic mass is 10.1. The minimum absolute atomic E-state index is 0.0584. The predicted octanol–water partition coefficient (Wildman–Crippen LogP) is 5.49. The molecule has 2 heterocycles. The van der Waals surface area contributed by atoms with Gasteiger partial charge in [-0.2, -0.15) is 0 Å². The molecular weight excluding hydrogens is 394 g/mol. The van der Waals surface area contributed by atoms with Gasteiger partial charge in [0.1, 0.15) is 0 Å². The number of rotatable bonds is 7. The SMILES string of the molecule is Cc1ccccc1-c1nnc(SCC(=O)c2cc(C)n(Cc3ccccc3)c2C)o1. The Morgan fingerprint density at radius 3 is 2.50 bits per heavy atom. The van der Waals surface area contributed by atoms with Crippen molar-refractivity contribution in [2.45, 2.75) is 32.5 Å². The maximum absolute atomic E-state index is 12.9. The molecule has 0 fully saturated rings. The number of benzene rings is 2. The van der Waals surface area contributed by atoms with E-state index in [2.05, 4.69) is 26.9 Å². The van der Waals surface area contributed by atoms with Gasteiger partial charge in [0.25, 0.3) is 5.22 Å².